The molecule has 0 spiro atoms. The number of aliphatic hydroxyl groups is 1. The number of anilines is 1. The zero-order valence-electron chi connectivity index (χ0n) is 15.1. The molecule has 0 amide bonds. The highest BCUT2D eigenvalue weighted by Crippen LogP contribution is 2.31. The van der Waals surface area contributed by atoms with E-state index in [1.54, 1.807) is 13.4 Å². The smallest absolute Gasteiger partial charge is 0.318 e. The quantitative estimate of drug-likeness (QED) is 0.506. The van der Waals surface area contributed by atoms with Gasteiger partial charge in [0.15, 0.2) is 6.29 Å². The molecule has 0 radical (unpaired) electrons. The third-order valence-electron chi connectivity index (χ3n) is 4.64. The number of methoxy groups -OCH3 is 1. The van der Waals surface area contributed by atoms with Crippen molar-refractivity contribution in [1.82, 2.24) is 9.97 Å². The highest BCUT2D eigenvalue weighted by molar-refractivity contribution is 7.32. The van der Waals surface area contributed by atoms with Gasteiger partial charge < -0.3 is 24.4 Å². The third-order valence-corrected chi connectivity index (χ3v) is 5.10. The fourth-order valence-electron chi connectivity index (χ4n) is 3.25. The molecule has 2 atom stereocenters. The van der Waals surface area contributed by atoms with Crippen LogP contribution in [0.1, 0.15) is 12.8 Å². The Morgan fingerprint density at radius 3 is 2.78 bits per heavy atom. The number of ether oxygens (including phenoxy) is 2. The number of hydrogen-bond donors (Lipinski definition) is 2. The van der Waals surface area contributed by atoms with Gasteiger partial charge in [0.1, 0.15) is 23.4 Å². The number of aliphatic hydroxyl groups excluding tert-OH is 1. The number of aromatic nitrogens is 2. The van der Waals surface area contributed by atoms with E-state index in [2.05, 4.69) is 19.4 Å². The van der Waals surface area contributed by atoms with Crippen LogP contribution in [0.2, 0.25) is 0 Å². The minimum Gasteiger partial charge on any atom is -0.494 e. The van der Waals surface area contributed by atoms with Crippen molar-refractivity contribution in [2.24, 2.45) is 5.92 Å². The van der Waals surface area contributed by atoms with E-state index in [9.17, 15) is 4.57 Å². The Balaban J connectivity index is 1.61. The van der Waals surface area contributed by atoms with Gasteiger partial charge in [-0.05, 0) is 30.9 Å². The second-order valence-corrected chi connectivity index (χ2v) is 7.08. The number of fused-ring (bicyclic) bond motifs is 1. The molecule has 1 aliphatic rings. The van der Waals surface area contributed by atoms with Crippen LogP contribution < -0.4 is 9.64 Å². The summed E-state index contributed by atoms with van der Waals surface area (Å²) < 4.78 is 26.2. The van der Waals surface area contributed by atoms with E-state index in [-0.39, 0.29) is 5.92 Å². The Bertz CT molecular complexity index is 784. The normalized spacial score (nSPS) is 17.8. The fourth-order valence-corrected chi connectivity index (χ4v) is 3.62. The molecule has 1 fully saturated rings. The van der Waals surface area contributed by atoms with Crippen LogP contribution in [0.15, 0.2) is 24.5 Å². The van der Waals surface area contributed by atoms with E-state index in [4.69, 9.17) is 19.5 Å². The molecule has 9 nitrogen and oxygen atoms in total. The summed E-state index contributed by atoms with van der Waals surface area (Å²) in [6.07, 6.45) is 2.25. The largest absolute Gasteiger partial charge is 0.494 e. The van der Waals surface area contributed by atoms with Crippen molar-refractivity contribution in [2.75, 3.05) is 38.3 Å². The van der Waals surface area contributed by atoms with Gasteiger partial charge in [0.05, 0.1) is 20.3 Å². The van der Waals surface area contributed by atoms with Crippen LogP contribution in [0.25, 0.3) is 10.9 Å². The lowest BCUT2D eigenvalue weighted by molar-refractivity contribution is -0.118. The topological polar surface area (TPSA) is 114 Å². The minimum absolute atomic E-state index is 0.280. The highest BCUT2D eigenvalue weighted by atomic mass is 31.1. The number of rotatable bonds is 8. The van der Waals surface area contributed by atoms with Gasteiger partial charge in [-0.1, -0.05) is 6.07 Å². The van der Waals surface area contributed by atoms with Crippen LogP contribution in [0.3, 0.4) is 0 Å². The molecule has 0 saturated carbocycles. The van der Waals surface area contributed by atoms with Crippen molar-refractivity contribution in [3.8, 4) is 5.75 Å². The van der Waals surface area contributed by atoms with Crippen LogP contribution in [-0.4, -0.2) is 59.7 Å². The Morgan fingerprint density at radius 1 is 1.33 bits per heavy atom. The summed E-state index contributed by atoms with van der Waals surface area (Å²) in [4.78, 5) is 19.8. The predicted molar refractivity (Wildman–Crippen MR) is 100 cm³/mol. The first-order valence-corrected chi connectivity index (χ1v) is 10.0. The van der Waals surface area contributed by atoms with E-state index >= 15 is 0 Å². The molecule has 10 heteroatoms. The van der Waals surface area contributed by atoms with Crippen LogP contribution in [0.4, 0.5) is 5.82 Å². The summed E-state index contributed by atoms with van der Waals surface area (Å²) in [5.41, 5.74) is 0.789. The van der Waals surface area contributed by atoms with Crippen molar-refractivity contribution in [3.05, 3.63) is 24.5 Å². The summed E-state index contributed by atoms with van der Waals surface area (Å²) in [7, 11) is -1.51. The number of para-hydroxylation sites is 1. The zero-order chi connectivity index (χ0) is 19.2. The van der Waals surface area contributed by atoms with Gasteiger partial charge in [0.2, 0.25) is 0 Å². The number of benzene rings is 1. The van der Waals surface area contributed by atoms with Crippen molar-refractivity contribution in [3.63, 3.8) is 0 Å². The van der Waals surface area contributed by atoms with Crippen LogP contribution in [0.5, 0.6) is 5.75 Å². The molecule has 0 bridgehead atoms. The lowest BCUT2D eigenvalue weighted by Crippen LogP contribution is -2.36. The van der Waals surface area contributed by atoms with Crippen LogP contribution in [0, 0.1) is 5.92 Å². The molecule has 2 N–H and O–H groups in total. The molecule has 148 valence electrons. The van der Waals surface area contributed by atoms with Crippen molar-refractivity contribution >= 4 is 25.0 Å². The molecule has 1 aliphatic heterocycles. The number of piperidine rings is 1. The fraction of sp³-hybridized carbons (Fsp3) is 0.529. The van der Waals surface area contributed by atoms with Crippen molar-refractivity contribution in [2.45, 2.75) is 19.1 Å². The van der Waals surface area contributed by atoms with Gasteiger partial charge in [-0.2, -0.15) is 0 Å². The third kappa shape index (κ3) is 4.94. The van der Waals surface area contributed by atoms with Gasteiger partial charge in [-0.3, -0.25) is 9.09 Å². The van der Waals surface area contributed by atoms with E-state index in [1.807, 2.05) is 18.2 Å². The van der Waals surface area contributed by atoms with E-state index in [1.165, 1.54) is 0 Å². The van der Waals surface area contributed by atoms with Crippen molar-refractivity contribution < 1.29 is 28.6 Å². The van der Waals surface area contributed by atoms with Crippen LogP contribution >= 0.6 is 8.25 Å². The maximum atomic E-state index is 10.7. The van der Waals surface area contributed by atoms with Gasteiger partial charge in [0, 0.05) is 18.5 Å². The van der Waals surface area contributed by atoms with E-state index < -0.39 is 21.2 Å². The summed E-state index contributed by atoms with van der Waals surface area (Å²) in [6.45, 7) is 1.52. The predicted octanol–water partition coefficient (Wildman–Crippen LogP) is 1.59. The average Bonchev–Trinajstić information content (AvgIpc) is 2.70. The van der Waals surface area contributed by atoms with Gasteiger partial charge in [-0.15, -0.1) is 0 Å². The Morgan fingerprint density at radius 2 is 2.11 bits per heavy atom. The molecule has 2 aromatic rings. The Hall–Kier alpha value is -1.77. The first-order valence-electron chi connectivity index (χ1n) is 8.77. The monoisotopic (exact) mass is 397 g/mol. The molecule has 2 heterocycles. The standard InChI is InChI=1S/C17H24N3O6P/c1-24-14-4-2-3-13-16(14)18-11-19-17(13)20-7-5-12(6-8-20)10-25-15(9-21)26-27(22)23/h2-4,11-12,15,21,27H,5-10H2,1H3,(H,22,23). The van der Waals surface area contributed by atoms with E-state index in [0.717, 1.165) is 48.4 Å². The molecule has 1 aromatic carbocycles. The Kier molecular flexibility index (Phi) is 6.98. The summed E-state index contributed by atoms with van der Waals surface area (Å²) in [5.74, 6) is 1.88. The maximum Gasteiger partial charge on any atom is 0.318 e. The highest BCUT2D eigenvalue weighted by Gasteiger charge is 2.23. The van der Waals surface area contributed by atoms with Crippen molar-refractivity contribution in [1.29, 1.82) is 0 Å². The van der Waals surface area contributed by atoms with Gasteiger partial charge >= 0.3 is 8.25 Å². The zero-order valence-corrected chi connectivity index (χ0v) is 16.1. The first-order chi connectivity index (χ1) is 13.1. The van der Waals surface area contributed by atoms with Gasteiger partial charge in [0.25, 0.3) is 0 Å². The average molecular weight is 397 g/mol. The first kappa shape index (κ1) is 20.0. The van der Waals surface area contributed by atoms with E-state index in [0.29, 0.717) is 6.61 Å². The molecular weight excluding hydrogens is 373 g/mol. The second kappa shape index (κ2) is 9.43. The minimum atomic E-state index is -3.14. The second-order valence-electron chi connectivity index (χ2n) is 6.31. The van der Waals surface area contributed by atoms with Crippen LogP contribution in [-0.2, 0) is 13.8 Å². The number of hydrogen-bond acceptors (Lipinski definition) is 8. The lowest BCUT2D eigenvalue weighted by atomic mass is 9.97. The number of nitrogens with zero attached hydrogens (tertiary/aromatic N) is 3. The maximum absolute atomic E-state index is 10.7. The molecule has 1 saturated heterocycles. The van der Waals surface area contributed by atoms with Gasteiger partial charge in [-0.25, -0.2) is 9.97 Å². The summed E-state index contributed by atoms with van der Waals surface area (Å²) in [6, 6.07) is 5.79. The lowest BCUT2D eigenvalue weighted by Gasteiger charge is -2.33. The SMILES string of the molecule is COc1cccc2c(N3CCC(COC(CO)O[PH](=O)O)CC3)ncnc12. The Labute approximate surface area is 157 Å². The molecular formula is C17H24N3O6P. The molecule has 1 aromatic heterocycles. The molecule has 27 heavy (non-hydrogen) atoms. The summed E-state index contributed by atoms with van der Waals surface area (Å²) in [5, 5.41) is 10.1. The molecule has 3 rings (SSSR count). The summed E-state index contributed by atoms with van der Waals surface area (Å²) >= 11 is 0. The molecule has 0 aliphatic carbocycles. The molecule has 2 unspecified atom stereocenters.